The smallest absolute Gasteiger partial charge is 0.148 e. The number of anilines is 2. The zero-order valence-corrected chi connectivity index (χ0v) is 11.6. The minimum Gasteiger partial charge on any atom is -0.395 e. The van der Waals surface area contributed by atoms with Crippen LogP contribution < -0.4 is 16.2 Å². The summed E-state index contributed by atoms with van der Waals surface area (Å²) in [5.41, 5.74) is 3.67. The quantitative estimate of drug-likeness (QED) is 0.530. The fourth-order valence-corrected chi connectivity index (χ4v) is 2.53. The zero-order chi connectivity index (χ0) is 13.8. The standard InChI is InChI=1S/C13H23N5O/c1-9(2)11-12(17-14)15-8-16-13(11)18(6-7-19)10-4-3-5-10/h8-10,19H,3-7,14H2,1-2H3,(H,15,16,17). The van der Waals surface area contributed by atoms with E-state index >= 15 is 0 Å². The van der Waals surface area contributed by atoms with Crippen LogP contribution in [0.15, 0.2) is 6.33 Å². The third kappa shape index (κ3) is 2.79. The number of hydrogen-bond acceptors (Lipinski definition) is 6. The minimum atomic E-state index is 0.128. The van der Waals surface area contributed by atoms with Gasteiger partial charge in [0.15, 0.2) is 0 Å². The average Bonchev–Trinajstić information content (AvgIpc) is 2.35. The summed E-state index contributed by atoms with van der Waals surface area (Å²) in [7, 11) is 0. The molecule has 0 bridgehead atoms. The normalized spacial score (nSPS) is 15.4. The van der Waals surface area contributed by atoms with E-state index in [1.165, 1.54) is 12.7 Å². The van der Waals surface area contributed by atoms with Crippen molar-refractivity contribution >= 4 is 11.6 Å². The van der Waals surface area contributed by atoms with Crippen LogP contribution in [0.25, 0.3) is 0 Å². The predicted octanol–water partition coefficient (Wildman–Crippen LogP) is 1.24. The number of nitrogens with zero attached hydrogens (tertiary/aromatic N) is 3. The maximum atomic E-state index is 9.30. The van der Waals surface area contributed by atoms with Crippen molar-refractivity contribution in [2.24, 2.45) is 5.84 Å². The molecule has 4 N–H and O–H groups in total. The summed E-state index contributed by atoms with van der Waals surface area (Å²) < 4.78 is 0. The summed E-state index contributed by atoms with van der Waals surface area (Å²) in [6.07, 6.45) is 5.09. The molecule has 1 heterocycles. The van der Waals surface area contributed by atoms with Gasteiger partial charge in [0.25, 0.3) is 0 Å². The number of hydrazine groups is 1. The van der Waals surface area contributed by atoms with Gasteiger partial charge in [-0.05, 0) is 25.2 Å². The van der Waals surface area contributed by atoms with E-state index in [4.69, 9.17) is 5.84 Å². The Morgan fingerprint density at radius 1 is 1.47 bits per heavy atom. The third-order valence-electron chi connectivity index (χ3n) is 3.71. The molecule has 1 aliphatic rings. The van der Waals surface area contributed by atoms with Gasteiger partial charge in [0.1, 0.15) is 18.0 Å². The molecule has 0 spiro atoms. The van der Waals surface area contributed by atoms with Gasteiger partial charge in [-0.3, -0.25) is 0 Å². The highest BCUT2D eigenvalue weighted by atomic mass is 16.3. The molecule has 1 saturated carbocycles. The SMILES string of the molecule is CC(C)c1c(NN)ncnc1N(CCO)C1CCC1. The number of hydrogen-bond donors (Lipinski definition) is 3. The number of nitrogens with two attached hydrogens (primary N) is 1. The Labute approximate surface area is 114 Å². The van der Waals surface area contributed by atoms with Crippen LogP contribution in [0.2, 0.25) is 0 Å². The molecule has 1 aromatic heterocycles. The van der Waals surface area contributed by atoms with Crippen LogP contribution in [0.1, 0.15) is 44.6 Å². The van der Waals surface area contributed by atoms with Crippen LogP contribution in [0.5, 0.6) is 0 Å². The minimum absolute atomic E-state index is 0.128. The van der Waals surface area contributed by atoms with Crippen LogP contribution in [0, 0.1) is 0 Å². The molecule has 1 aliphatic carbocycles. The second-order valence-corrected chi connectivity index (χ2v) is 5.26. The largest absolute Gasteiger partial charge is 0.395 e. The number of aliphatic hydroxyl groups excluding tert-OH is 1. The molecule has 0 aliphatic heterocycles. The molecule has 0 atom stereocenters. The molecule has 0 saturated heterocycles. The molecular weight excluding hydrogens is 242 g/mol. The van der Waals surface area contributed by atoms with Crippen molar-refractivity contribution < 1.29 is 5.11 Å². The van der Waals surface area contributed by atoms with Gasteiger partial charge in [-0.15, -0.1) is 0 Å². The van der Waals surface area contributed by atoms with Crippen LogP contribution in [-0.4, -0.2) is 34.3 Å². The second kappa shape index (κ2) is 6.16. The predicted molar refractivity (Wildman–Crippen MR) is 76.0 cm³/mol. The van der Waals surface area contributed by atoms with E-state index in [2.05, 4.69) is 34.1 Å². The molecule has 6 nitrogen and oxygen atoms in total. The number of rotatable bonds is 6. The van der Waals surface area contributed by atoms with Crippen molar-refractivity contribution in [1.29, 1.82) is 0 Å². The first-order valence-corrected chi connectivity index (χ1v) is 6.88. The van der Waals surface area contributed by atoms with Gasteiger partial charge in [-0.2, -0.15) is 0 Å². The Bertz CT molecular complexity index is 419. The zero-order valence-electron chi connectivity index (χ0n) is 11.6. The number of aliphatic hydroxyl groups is 1. The van der Waals surface area contributed by atoms with Crippen molar-refractivity contribution in [3.05, 3.63) is 11.9 Å². The van der Waals surface area contributed by atoms with E-state index in [1.54, 1.807) is 0 Å². The summed E-state index contributed by atoms with van der Waals surface area (Å²) in [5, 5.41) is 9.30. The third-order valence-corrected chi connectivity index (χ3v) is 3.71. The van der Waals surface area contributed by atoms with Crippen molar-refractivity contribution in [3.8, 4) is 0 Å². The Balaban J connectivity index is 2.39. The van der Waals surface area contributed by atoms with E-state index in [0.29, 0.717) is 18.4 Å². The summed E-state index contributed by atoms with van der Waals surface area (Å²) in [6, 6.07) is 0.477. The van der Waals surface area contributed by atoms with Crippen LogP contribution in [0.4, 0.5) is 11.6 Å². The van der Waals surface area contributed by atoms with Crippen molar-refractivity contribution in [1.82, 2.24) is 9.97 Å². The van der Waals surface area contributed by atoms with Crippen LogP contribution in [0.3, 0.4) is 0 Å². The molecule has 2 rings (SSSR count). The highest BCUT2D eigenvalue weighted by Gasteiger charge is 2.29. The topological polar surface area (TPSA) is 87.3 Å². The molecule has 1 aromatic rings. The molecule has 106 valence electrons. The summed E-state index contributed by atoms with van der Waals surface area (Å²) in [5.74, 6) is 7.38. The molecular formula is C13H23N5O. The number of nitrogens with one attached hydrogen (secondary N) is 1. The molecule has 6 heteroatoms. The lowest BCUT2D eigenvalue weighted by molar-refractivity contribution is 0.282. The molecule has 0 radical (unpaired) electrons. The summed E-state index contributed by atoms with van der Waals surface area (Å²) in [6.45, 7) is 4.93. The molecule has 0 unspecified atom stereocenters. The molecule has 0 aromatic carbocycles. The Morgan fingerprint density at radius 2 is 2.21 bits per heavy atom. The highest BCUT2D eigenvalue weighted by Crippen LogP contribution is 2.35. The first kappa shape index (κ1) is 14.0. The van der Waals surface area contributed by atoms with Gasteiger partial charge >= 0.3 is 0 Å². The van der Waals surface area contributed by atoms with E-state index < -0.39 is 0 Å². The van der Waals surface area contributed by atoms with E-state index in [-0.39, 0.29) is 12.5 Å². The second-order valence-electron chi connectivity index (χ2n) is 5.26. The van der Waals surface area contributed by atoms with E-state index in [1.807, 2.05) is 0 Å². The average molecular weight is 265 g/mol. The Kier molecular flexibility index (Phi) is 4.55. The fraction of sp³-hybridized carbons (Fsp3) is 0.692. The van der Waals surface area contributed by atoms with Gasteiger partial charge in [0.05, 0.1) is 6.61 Å². The van der Waals surface area contributed by atoms with Gasteiger partial charge < -0.3 is 15.4 Å². The lowest BCUT2D eigenvalue weighted by atomic mass is 9.90. The molecule has 1 fully saturated rings. The lowest BCUT2D eigenvalue weighted by Gasteiger charge is -2.39. The first-order valence-electron chi connectivity index (χ1n) is 6.88. The fourth-order valence-electron chi connectivity index (χ4n) is 2.53. The Morgan fingerprint density at radius 3 is 2.68 bits per heavy atom. The maximum absolute atomic E-state index is 9.30. The van der Waals surface area contributed by atoms with Crippen LogP contribution >= 0.6 is 0 Å². The summed E-state index contributed by atoms with van der Waals surface area (Å²) in [4.78, 5) is 10.8. The van der Waals surface area contributed by atoms with Gasteiger partial charge in [-0.25, -0.2) is 15.8 Å². The van der Waals surface area contributed by atoms with Crippen molar-refractivity contribution in [2.45, 2.75) is 45.1 Å². The van der Waals surface area contributed by atoms with Crippen molar-refractivity contribution in [3.63, 3.8) is 0 Å². The maximum Gasteiger partial charge on any atom is 0.148 e. The van der Waals surface area contributed by atoms with Gasteiger partial charge in [0, 0.05) is 18.2 Å². The lowest BCUT2D eigenvalue weighted by Crippen LogP contribution is -2.43. The van der Waals surface area contributed by atoms with E-state index in [9.17, 15) is 5.11 Å². The highest BCUT2D eigenvalue weighted by molar-refractivity contribution is 5.60. The van der Waals surface area contributed by atoms with Crippen LogP contribution in [-0.2, 0) is 0 Å². The van der Waals surface area contributed by atoms with Crippen molar-refractivity contribution in [2.75, 3.05) is 23.5 Å². The number of nitrogen functional groups attached to an aromatic ring is 1. The summed E-state index contributed by atoms with van der Waals surface area (Å²) >= 11 is 0. The number of aromatic nitrogens is 2. The van der Waals surface area contributed by atoms with Gasteiger partial charge in [0.2, 0.25) is 0 Å². The Hall–Kier alpha value is -1.40. The first-order chi connectivity index (χ1) is 9.19. The van der Waals surface area contributed by atoms with E-state index in [0.717, 1.165) is 24.2 Å². The monoisotopic (exact) mass is 265 g/mol. The van der Waals surface area contributed by atoms with Gasteiger partial charge in [-0.1, -0.05) is 13.8 Å². The molecule has 19 heavy (non-hydrogen) atoms. The molecule has 0 amide bonds.